The van der Waals surface area contributed by atoms with Crippen molar-refractivity contribution in [3.63, 3.8) is 0 Å². The molecule has 4 nitrogen and oxygen atoms in total. The molecule has 16 heavy (non-hydrogen) atoms. The van der Waals surface area contributed by atoms with Crippen molar-refractivity contribution in [1.29, 1.82) is 0 Å². The molecule has 1 aromatic heterocycles. The van der Waals surface area contributed by atoms with Gasteiger partial charge in [0.15, 0.2) is 11.6 Å². The highest BCUT2D eigenvalue weighted by Crippen LogP contribution is 2.17. The standard InChI is InChI=1S/C10H10ClFN4/c11-5-9-14-15-10(6-13)16(9)8-4-2-1-3-7(8)12/h1-4H,5-6,13H2. The second-order valence-corrected chi connectivity index (χ2v) is 3.42. The van der Waals surface area contributed by atoms with E-state index in [2.05, 4.69) is 10.2 Å². The van der Waals surface area contributed by atoms with Crippen LogP contribution in [-0.4, -0.2) is 14.8 Å². The monoisotopic (exact) mass is 240 g/mol. The molecule has 2 N–H and O–H groups in total. The number of hydrogen-bond donors (Lipinski definition) is 1. The summed E-state index contributed by atoms with van der Waals surface area (Å²) in [5.74, 6) is 0.762. The first-order valence-electron chi connectivity index (χ1n) is 4.72. The van der Waals surface area contributed by atoms with Gasteiger partial charge >= 0.3 is 0 Å². The van der Waals surface area contributed by atoms with Gasteiger partial charge in [-0.3, -0.25) is 4.57 Å². The molecule has 0 spiro atoms. The van der Waals surface area contributed by atoms with Crippen molar-refractivity contribution in [2.75, 3.05) is 0 Å². The van der Waals surface area contributed by atoms with E-state index < -0.39 is 0 Å². The minimum atomic E-state index is -0.358. The van der Waals surface area contributed by atoms with Gasteiger partial charge in [-0.2, -0.15) is 0 Å². The number of alkyl halides is 1. The van der Waals surface area contributed by atoms with E-state index >= 15 is 0 Å². The van der Waals surface area contributed by atoms with E-state index in [0.717, 1.165) is 0 Å². The van der Waals surface area contributed by atoms with Crippen LogP contribution < -0.4 is 5.73 Å². The van der Waals surface area contributed by atoms with Crippen LogP contribution in [-0.2, 0) is 12.4 Å². The molecular formula is C10H10ClFN4. The van der Waals surface area contributed by atoms with Gasteiger partial charge in [0, 0.05) is 0 Å². The zero-order valence-corrected chi connectivity index (χ0v) is 9.15. The fraction of sp³-hybridized carbons (Fsp3) is 0.200. The molecule has 0 unspecified atom stereocenters. The number of nitrogens with two attached hydrogens (primary N) is 1. The average molecular weight is 241 g/mol. The minimum absolute atomic E-state index is 0.154. The highest BCUT2D eigenvalue weighted by molar-refractivity contribution is 6.16. The number of nitrogens with zero attached hydrogens (tertiary/aromatic N) is 3. The highest BCUT2D eigenvalue weighted by atomic mass is 35.5. The van der Waals surface area contributed by atoms with Crippen molar-refractivity contribution in [3.05, 3.63) is 41.7 Å². The molecule has 0 aliphatic rings. The first-order valence-corrected chi connectivity index (χ1v) is 5.25. The van der Waals surface area contributed by atoms with Crippen LogP contribution in [0, 0.1) is 5.82 Å². The summed E-state index contributed by atoms with van der Waals surface area (Å²) in [6, 6.07) is 6.35. The molecule has 1 aromatic carbocycles. The Balaban J connectivity index is 2.62. The third-order valence-electron chi connectivity index (χ3n) is 2.19. The van der Waals surface area contributed by atoms with Gasteiger partial charge in [-0.15, -0.1) is 21.8 Å². The summed E-state index contributed by atoms with van der Waals surface area (Å²) >= 11 is 5.72. The van der Waals surface area contributed by atoms with Crippen LogP contribution in [0.1, 0.15) is 11.6 Å². The molecule has 0 fully saturated rings. The molecule has 2 aromatic rings. The second kappa shape index (κ2) is 4.59. The summed E-state index contributed by atoms with van der Waals surface area (Å²) in [4.78, 5) is 0. The Morgan fingerprint density at radius 3 is 2.56 bits per heavy atom. The molecule has 0 saturated heterocycles. The Morgan fingerprint density at radius 1 is 1.25 bits per heavy atom. The fourth-order valence-electron chi connectivity index (χ4n) is 1.48. The third-order valence-corrected chi connectivity index (χ3v) is 2.43. The maximum absolute atomic E-state index is 13.6. The molecule has 0 bridgehead atoms. The number of rotatable bonds is 3. The smallest absolute Gasteiger partial charge is 0.152 e. The van der Waals surface area contributed by atoms with Gasteiger partial charge in [0.1, 0.15) is 5.82 Å². The summed E-state index contributed by atoms with van der Waals surface area (Å²) in [7, 11) is 0. The van der Waals surface area contributed by atoms with Crippen LogP contribution in [0.5, 0.6) is 0 Å². The zero-order chi connectivity index (χ0) is 11.5. The maximum Gasteiger partial charge on any atom is 0.152 e. The number of aromatic nitrogens is 3. The number of para-hydroxylation sites is 1. The zero-order valence-electron chi connectivity index (χ0n) is 8.40. The predicted octanol–water partition coefficient (Wildman–Crippen LogP) is 1.60. The van der Waals surface area contributed by atoms with E-state index in [-0.39, 0.29) is 18.2 Å². The summed E-state index contributed by atoms with van der Waals surface area (Å²) in [6.07, 6.45) is 0. The Labute approximate surface area is 96.9 Å². The molecule has 2 rings (SSSR count). The minimum Gasteiger partial charge on any atom is -0.324 e. The molecule has 0 atom stereocenters. The van der Waals surface area contributed by atoms with Gasteiger partial charge in [0.2, 0.25) is 0 Å². The summed E-state index contributed by atoms with van der Waals surface area (Å²) in [5, 5.41) is 7.72. The van der Waals surface area contributed by atoms with Gasteiger partial charge < -0.3 is 5.73 Å². The van der Waals surface area contributed by atoms with Crippen LogP contribution in [0.15, 0.2) is 24.3 Å². The highest BCUT2D eigenvalue weighted by Gasteiger charge is 2.14. The maximum atomic E-state index is 13.6. The SMILES string of the molecule is NCc1nnc(CCl)n1-c1ccccc1F. The Hall–Kier alpha value is -1.46. The largest absolute Gasteiger partial charge is 0.324 e. The predicted molar refractivity (Wildman–Crippen MR) is 58.8 cm³/mol. The van der Waals surface area contributed by atoms with Crippen LogP contribution in [0.2, 0.25) is 0 Å². The molecule has 6 heteroatoms. The van der Waals surface area contributed by atoms with Gasteiger partial charge in [-0.25, -0.2) is 4.39 Å². The van der Waals surface area contributed by atoms with Gasteiger partial charge in [0.25, 0.3) is 0 Å². The lowest BCUT2D eigenvalue weighted by Gasteiger charge is -2.08. The topological polar surface area (TPSA) is 56.7 Å². The molecular weight excluding hydrogens is 231 g/mol. The summed E-state index contributed by atoms with van der Waals surface area (Å²) in [5.41, 5.74) is 5.88. The van der Waals surface area contributed by atoms with Crippen molar-refractivity contribution in [1.82, 2.24) is 14.8 Å². The molecule has 0 radical (unpaired) electrons. The normalized spacial score (nSPS) is 10.7. The van der Waals surface area contributed by atoms with E-state index in [1.54, 1.807) is 22.8 Å². The van der Waals surface area contributed by atoms with Crippen molar-refractivity contribution in [2.24, 2.45) is 5.73 Å². The second-order valence-electron chi connectivity index (χ2n) is 3.16. The van der Waals surface area contributed by atoms with Gasteiger partial charge in [-0.05, 0) is 12.1 Å². The molecule has 84 valence electrons. The van der Waals surface area contributed by atoms with E-state index in [1.807, 2.05) is 0 Å². The average Bonchev–Trinajstić information content (AvgIpc) is 2.72. The molecule has 1 heterocycles. The van der Waals surface area contributed by atoms with Crippen molar-refractivity contribution in [2.45, 2.75) is 12.4 Å². The lowest BCUT2D eigenvalue weighted by atomic mass is 10.3. The van der Waals surface area contributed by atoms with Crippen LogP contribution in [0.3, 0.4) is 0 Å². The van der Waals surface area contributed by atoms with Gasteiger partial charge in [-0.1, -0.05) is 12.1 Å². The lowest BCUT2D eigenvalue weighted by molar-refractivity contribution is 0.613. The van der Waals surface area contributed by atoms with Crippen LogP contribution in [0.25, 0.3) is 5.69 Å². The van der Waals surface area contributed by atoms with E-state index in [1.165, 1.54) is 6.07 Å². The van der Waals surface area contributed by atoms with E-state index in [0.29, 0.717) is 17.3 Å². The fourth-order valence-corrected chi connectivity index (χ4v) is 1.66. The van der Waals surface area contributed by atoms with E-state index in [9.17, 15) is 4.39 Å². The number of halogens is 2. The lowest BCUT2D eigenvalue weighted by Crippen LogP contribution is -2.10. The quantitative estimate of drug-likeness (QED) is 0.830. The summed E-state index contributed by atoms with van der Waals surface area (Å²) < 4.78 is 15.2. The Morgan fingerprint density at radius 2 is 1.94 bits per heavy atom. The molecule has 0 aliphatic heterocycles. The number of hydrogen-bond acceptors (Lipinski definition) is 3. The van der Waals surface area contributed by atoms with Crippen molar-refractivity contribution >= 4 is 11.6 Å². The van der Waals surface area contributed by atoms with Crippen molar-refractivity contribution < 1.29 is 4.39 Å². The molecule has 0 aliphatic carbocycles. The Kier molecular flexibility index (Phi) is 3.17. The summed E-state index contributed by atoms with van der Waals surface area (Å²) in [6.45, 7) is 0.179. The van der Waals surface area contributed by atoms with E-state index in [4.69, 9.17) is 17.3 Å². The molecule has 0 saturated carbocycles. The van der Waals surface area contributed by atoms with Crippen molar-refractivity contribution in [3.8, 4) is 5.69 Å². The molecule has 0 amide bonds. The third kappa shape index (κ3) is 1.79. The van der Waals surface area contributed by atoms with Gasteiger partial charge in [0.05, 0.1) is 18.1 Å². The van der Waals surface area contributed by atoms with Crippen LogP contribution >= 0.6 is 11.6 Å². The first kappa shape index (κ1) is 11.0. The first-order chi connectivity index (χ1) is 7.77. The Bertz CT molecular complexity index is 476. The van der Waals surface area contributed by atoms with Crippen LogP contribution in [0.4, 0.5) is 4.39 Å². The number of benzene rings is 1.